The summed E-state index contributed by atoms with van der Waals surface area (Å²) in [5.41, 5.74) is 4.69. The third-order valence-electron chi connectivity index (χ3n) is 6.03. The van der Waals surface area contributed by atoms with Gasteiger partial charge in [-0.2, -0.15) is 0 Å². The van der Waals surface area contributed by atoms with Crippen molar-refractivity contribution in [1.82, 2.24) is 10.2 Å². The lowest BCUT2D eigenvalue weighted by Crippen LogP contribution is -2.30. The molecule has 0 bridgehead atoms. The van der Waals surface area contributed by atoms with E-state index in [1.54, 1.807) is 14.2 Å². The van der Waals surface area contributed by atoms with Gasteiger partial charge in [-0.1, -0.05) is 36.4 Å². The van der Waals surface area contributed by atoms with Gasteiger partial charge < -0.3 is 29.2 Å². The van der Waals surface area contributed by atoms with Crippen LogP contribution in [0.5, 0.6) is 23.0 Å². The third kappa shape index (κ3) is 5.64. The topological polar surface area (TPSA) is 52.2 Å². The Bertz CT molecular complexity index is 1090. The monoisotopic (exact) mass is 462 g/mol. The lowest BCUT2D eigenvalue weighted by molar-refractivity contribution is 0.250. The van der Waals surface area contributed by atoms with Crippen LogP contribution in [-0.2, 0) is 13.0 Å². The van der Waals surface area contributed by atoms with Crippen LogP contribution in [0.15, 0.2) is 60.7 Å². The Hall–Kier alpha value is -3.22. The summed E-state index contributed by atoms with van der Waals surface area (Å²) >= 11 is 0. The zero-order valence-corrected chi connectivity index (χ0v) is 20.5. The van der Waals surface area contributed by atoms with E-state index in [0.29, 0.717) is 13.2 Å². The van der Waals surface area contributed by atoms with Crippen molar-refractivity contribution in [2.75, 3.05) is 48.0 Å². The van der Waals surface area contributed by atoms with Gasteiger partial charge in [0.05, 0.1) is 20.3 Å². The quantitative estimate of drug-likeness (QED) is 0.480. The second-order valence-electron chi connectivity index (χ2n) is 8.68. The van der Waals surface area contributed by atoms with E-state index in [2.05, 4.69) is 46.6 Å². The molecule has 0 saturated carbocycles. The molecule has 0 amide bonds. The van der Waals surface area contributed by atoms with Gasteiger partial charge in [0.2, 0.25) is 0 Å². The first-order chi connectivity index (χ1) is 16.6. The molecule has 6 heteroatoms. The third-order valence-corrected chi connectivity index (χ3v) is 6.03. The minimum absolute atomic E-state index is 0.0263. The Balaban J connectivity index is 1.60. The van der Waals surface area contributed by atoms with E-state index >= 15 is 0 Å². The molecule has 0 saturated heterocycles. The summed E-state index contributed by atoms with van der Waals surface area (Å²) in [6.45, 7) is 2.82. The van der Waals surface area contributed by atoms with Crippen LogP contribution in [0.1, 0.15) is 28.3 Å². The van der Waals surface area contributed by atoms with Crippen molar-refractivity contribution in [3.8, 4) is 23.0 Å². The van der Waals surface area contributed by atoms with Crippen LogP contribution in [0.4, 0.5) is 0 Å². The zero-order valence-electron chi connectivity index (χ0n) is 20.5. The average molecular weight is 463 g/mol. The molecule has 4 rings (SSSR count). The fraction of sp³-hybridized carbons (Fsp3) is 0.357. The van der Waals surface area contributed by atoms with Gasteiger partial charge in [0.25, 0.3) is 0 Å². The maximum absolute atomic E-state index is 6.19. The molecule has 3 aromatic rings. The van der Waals surface area contributed by atoms with E-state index in [0.717, 1.165) is 53.6 Å². The first-order valence-electron chi connectivity index (χ1n) is 11.7. The van der Waals surface area contributed by atoms with Crippen LogP contribution >= 0.6 is 0 Å². The molecule has 34 heavy (non-hydrogen) atoms. The smallest absolute Gasteiger partial charge is 0.162 e. The number of hydrogen-bond acceptors (Lipinski definition) is 6. The SMILES string of the molecule is COc1cc(C2NCCc3cc(OC)c(OCc4ccccc4)cc32)ccc1OCCN(C)C. The zero-order chi connectivity index (χ0) is 23.9. The van der Waals surface area contributed by atoms with Crippen molar-refractivity contribution in [2.45, 2.75) is 19.1 Å². The highest BCUT2D eigenvalue weighted by Crippen LogP contribution is 2.39. The van der Waals surface area contributed by atoms with Gasteiger partial charge in [0.1, 0.15) is 13.2 Å². The Morgan fingerprint density at radius 1 is 0.853 bits per heavy atom. The molecule has 0 spiro atoms. The molecule has 0 aromatic heterocycles. The lowest BCUT2D eigenvalue weighted by Gasteiger charge is -2.29. The number of nitrogens with zero attached hydrogens (tertiary/aromatic N) is 1. The highest BCUT2D eigenvalue weighted by Gasteiger charge is 2.25. The Morgan fingerprint density at radius 3 is 2.35 bits per heavy atom. The summed E-state index contributed by atoms with van der Waals surface area (Å²) in [6, 6.07) is 20.6. The van der Waals surface area contributed by atoms with Gasteiger partial charge >= 0.3 is 0 Å². The molecule has 1 unspecified atom stereocenters. The fourth-order valence-corrected chi connectivity index (χ4v) is 4.19. The Labute approximate surface area is 202 Å². The largest absolute Gasteiger partial charge is 0.493 e. The summed E-state index contributed by atoms with van der Waals surface area (Å²) in [4.78, 5) is 2.09. The van der Waals surface area contributed by atoms with Crippen LogP contribution in [0.3, 0.4) is 0 Å². The van der Waals surface area contributed by atoms with Crippen LogP contribution in [0.25, 0.3) is 0 Å². The van der Waals surface area contributed by atoms with E-state index < -0.39 is 0 Å². The fourth-order valence-electron chi connectivity index (χ4n) is 4.19. The van der Waals surface area contributed by atoms with Crippen LogP contribution in [0, 0.1) is 0 Å². The number of fused-ring (bicyclic) bond motifs is 1. The highest BCUT2D eigenvalue weighted by molar-refractivity contribution is 5.53. The lowest BCUT2D eigenvalue weighted by atomic mass is 9.89. The minimum Gasteiger partial charge on any atom is -0.493 e. The molecule has 6 nitrogen and oxygen atoms in total. The van der Waals surface area contributed by atoms with Gasteiger partial charge in [0, 0.05) is 13.1 Å². The first kappa shape index (κ1) is 23.9. The molecule has 0 radical (unpaired) electrons. The van der Waals surface area contributed by atoms with Crippen molar-refractivity contribution in [3.05, 3.63) is 82.9 Å². The Morgan fingerprint density at radius 2 is 1.62 bits per heavy atom. The van der Waals surface area contributed by atoms with Crippen LogP contribution in [-0.4, -0.2) is 52.9 Å². The van der Waals surface area contributed by atoms with Gasteiger partial charge in [-0.25, -0.2) is 0 Å². The molecule has 1 aliphatic rings. The number of methoxy groups -OCH3 is 2. The molecule has 0 aliphatic carbocycles. The number of likely N-dealkylation sites (N-methyl/N-ethyl adjacent to an activating group) is 1. The summed E-state index contributed by atoms with van der Waals surface area (Å²) in [7, 11) is 7.43. The van der Waals surface area contributed by atoms with Crippen molar-refractivity contribution in [2.24, 2.45) is 0 Å². The van der Waals surface area contributed by atoms with Crippen molar-refractivity contribution in [3.63, 3.8) is 0 Å². The predicted molar refractivity (Wildman–Crippen MR) is 134 cm³/mol. The van der Waals surface area contributed by atoms with E-state index in [1.165, 1.54) is 11.1 Å². The standard InChI is InChI=1S/C28H34N2O4/c1-30(2)14-15-33-24-11-10-22(17-25(24)31-3)28-23-18-27(34-19-20-8-6-5-7-9-20)26(32-4)16-21(23)12-13-29-28/h5-11,16-18,28-29H,12-15,19H2,1-4H3. The number of rotatable bonds is 10. The van der Waals surface area contributed by atoms with Gasteiger partial charge in [0.15, 0.2) is 23.0 Å². The van der Waals surface area contributed by atoms with Crippen LogP contribution < -0.4 is 24.3 Å². The molecule has 1 atom stereocenters. The molecule has 1 N–H and O–H groups in total. The summed E-state index contributed by atoms with van der Waals surface area (Å²) < 4.78 is 23.5. The molecular formula is C28H34N2O4. The number of benzene rings is 3. The summed E-state index contributed by atoms with van der Waals surface area (Å²) in [5, 5.41) is 3.66. The normalized spacial score (nSPS) is 15.0. The Kier molecular flexibility index (Phi) is 7.93. The van der Waals surface area contributed by atoms with E-state index in [1.807, 2.05) is 38.4 Å². The minimum atomic E-state index is 0.0263. The molecular weight excluding hydrogens is 428 g/mol. The van der Waals surface area contributed by atoms with Crippen LogP contribution in [0.2, 0.25) is 0 Å². The van der Waals surface area contributed by atoms with E-state index in [9.17, 15) is 0 Å². The van der Waals surface area contributed by atoms with Crippen molar-refractivity contribution < 1.29 is 18.9 Å². The van der Waals surface area contributed by atoms with E-state index in [-0.39, 0.29) is 6.04 Å². The first-order valence-corrected chi connectivity index (χ1v) is 11.7. The summed E-state index contributed by atoms with van der Waals surface area (Å²) in [5.74, 6) is 3.00. The molecule has 1 heterocycles. The molecule has 1 aliphatic heterocycles. The van der Waals surface area contributed by atoms with Gasteiger partial charge in [-0.05, 0) is 67.0 Å². The van der Waals surface area contributed by atoms with Gasteiger partial charge in [-0.15, -0.1) is 0 Å². The average Bonchev–Trinajstić information content (AvgIpc) is 2.87. The summed E-state index contributed by atoms with van der Waals surface area (Å²) in [6.07, 6.45) is 0.935. The number of nitrogens with one attached hydrogen (secondary N) is 1. The predicted octanol–water partition coefficient (Wildman–Crippen LogP) is 4.46. The maximum atomic E-state index is 6.19. The second kappa shape index (κ2) is 11.3. The second-order valence-corrected chi connectivity index (χ2v) is 8.68. The highest BCUT2D eigenvalue weighted by atomic mass is 16.5. The number of hydrogen-bond donors (Lipinski definition) is 1. The van der Waals surface area contributed by atoms with Crippen molar-refractivity contribution >= 4 is 0 Å². The van der Waals surface area contributed by atoms with Crippen molar-refractivity contribution in [1.29, 1.82) is 0 Å². The molecule has 3 aromatic carbocycles. The van der Waals surface area contributed by atoms with Gasteiger partial charge in [-0.3, -0.25) is 0 Å². The molecule has 180 valence electrons. The van der Waals surface area contributed by atoms with E-state index in [4.69, 9.17) is 18.9 Å². The molecule has 0 fully saturated rings. The maximum Gasteiger partial charge on any atom is 0.162 e. The number of ether oxygens (including phenoxy) is 4.